The summed E-state index contributed by atoms with van der Waals surface area (Å²) >= 11 is 15.7. The van der Waals surface area contributed by atoms with Crippen molar-refractivity contribution in [3.8, 4) is 0 Å². The quantitative estimate of drug-likeness (QED) is 0.132. The molecule has 0 saturated heterocycles. The summed E-state index contributed by atoms with van der Waals surface area (Å²) in [7, 11) is 0. The van der Waals surface area contributed by atoms with Gasteiger partial charge in [-0.05, 0) is 94.7 Å². The number of rotatable bonds is 12. The Labute approximate surface area is 274 Å². The SMILES string of the molecule is O=C(C(Cc1ccc(Cl)cc1)n1ccc(/C=C/c2cccs2)n1)C(Cc1ccc(Cl)cc1)n1ccc(/C=C/c2cccs2)n1. The summed E-state index contributed by atoms with van der Waals surface area (Å²) in [5.41, 5.74) is 3.54. The number of hydrogen-bond donors (Lipinski definition) is 0. The van der Waals surface area contributed by atoms with Crippen LogP contribution in [0.25, 0.3) is 24.3 Å². The lowest BCUT2D eigenvalue weighted by atomic mass is 9.94. The van der Waals surface area contributed by atoms with Gasteiger partial charge in [0.15, 0.2) is 5.78 Å². The Bertz CT molecular complexity index is 1720. The van der Waals surface area contributed by atoms with Gasteiger partial charge in [0.05, 0.1) is 11.4 Å². The van der Waals surface area contributed by atoms with E-state index in [-0.39, 0.29) is 5.78 Å². The summed E-state index contributed by atoms with van der Waals surface area (Å²) in [6.45, 7) is 0. The van der Waals surface area contributed by atoms with Crippen LogP contribution in [0.2, 0.25) is 10.0 Å². The molecular formula is C35H28Cl2N4OS2. The molecule has 2 atom stereocenters. The molecule has 0 fully saturated rings. The first-order valence-corrected chi connectivity index (χ1v) is 16.6. The van der Waals surface area contributed by atoms with Crippen LogP contribution in [0.4, 0.5) is 0 Å². The van der Waals surface area contributed by atoms with E-state index in [1.807, 2.05) is 120 Å². The second-order valence-corrected chi connectivity index (χ2v) is 13.1. The van der Waals surface area contributed by atoms with Gasteiger partial charge in [-0.1, -0.05) is 59.6 Å². The summed E-state index contributed by atoms with van der Waals surface area (Å²) in [6, 6.07) is 26.1. The normalized spacial score (nSPS) is 13.1. The first-order chi connectivity index (χ1) is 21.5. The molecule has 44 heavy (non-hydrogen) atoms. The Morgan fingerprint density at radius 1 is 0.636 bits per heavy atom. The van der Waals surface area contributed by atoms with Gasteiger partial charge in [0.25, 0.3) is 0 Å². The average Bonchev–Trinajstić information content (AvgIpc) is 3.86. The molecular weight excluding hydrogens is 627 g/mol. The fourth-order valence-corrected chi connectivity index (χ4v) is 6.38. The summed E-state index contributed by atoms with van der Waals surface area (Å²) in [4.78, 5) is 17.0. The van der Waals surface area contributed by atoms with Crippen molar-refractivity contribution >= 4 is 76.0 Å². The van der Waals surface area contributed by atoms with Crippen LogP contribution in [-0.2, 0) is 17.6 Å². The van der Waals surface area contributed by atoms with Crippen LogP contribution in [0, 0.1) is 0 Å². The van der Waals surface area contributed by atoms with Crippen LogP contribution >= 0.6 is 45.9 Å². The molecule has 0 radical (unpaired) electrons. The van der Waals surface area contributed by atoms with Gasteiger partial charge in [0.1, 0.15) is 12.1 Å². The van der Waals surface area contributed by atoms with E-state index < -0.39 is 12.1 Å². The van der Waals surface area contributed by atoms with Gasteiger partial charge in [-0.15, -0.1) is 22.7 Å². The van der Waals surface area contributed by atoms with Crippen molar-refractivity contribution in [3.63, 3.8) is 0 Å². The topological polar surface area (TPSA) is 52.7 Å². The van der Waals surface area contributed by atoms with Crippen molar-refractivity contribution in [1.82, 2.24) is 19.6 Å². The number of halogens is 2. The first kappa shape index (κ1) is 30.0. The highest BCUT2D eigenvalue weighted by Gasteiger charge is 2.31. The minimum absolute atomic E-state index is 0.00340. The van der Waals surface area contributed by atoms with E-state index in [1.54, 1.807) is 32.0 Å². The molecule has 0 saturated carbocycles. The maximum absolute atomic E-state index is 14.7. The Kier molecular flexibility index (Phi) is 9.68. The maximum atomic E-state index is 14.7. The number of thiophene rings is 2. The molecule has 6 aromatic rings. The molecule has 9 heteroatoms. The number of benzene rings is 2. The molecule has 5 nitrogen and oxygen atoms in total. The molecule has 0 bridgehead atoms. The van der Waals surface area contributed by atoms with Crippen LogP contribution in [0.1, 0.15) is 44.4 Å². The standard InChI is InChI=1S/C35H28Cl2N4OS2/c36-27-9-5-25(6-10-27)23-33(40-19-17-29(38-40)13-15-31-3-1-21-43-31)35(42)34(24-26-7-11-28(37)12-8-26)41-20-18-30(39-41)14-16-32-4-2-22-44-32/h1-22,33-34H,23-24H2/b15-13+,16-14+. The van der Waals surface area contributed by atoms with E-state index in [1.165, 1.54) is 0 Å². The summed E-state index contributed by atoms with van der Waals surface area (Å²) < 4.78 is 3.56. The third-order valence-corrected chi connectivity index (χ3v) is 9.34. The number of carbonyl (C=O) groups is 1. The number of carbonyl (C=O) groups excluding carboxylic acids is 1. The summed E-state index contributed by atoms with van der Waals surface area (Å²) in [5.74, 6) is 0.00340. The molecule has 6 rings (SSSR count). The summed E-state index contributed by atoms with van der Waals surface area (Å²) in [5, 5.41) is 15.0. The second-order valence-electron chi connectivity index (χ2n) is 10.2. The van der Waals surface area contributed by atoms with Crippen LogP contribution in [0.3, 0.4) is 0 Å². The lowest BCUT2D eigenvalue weighted by Gasteiger charge is -2.24. The minimum Gasteiger partial charge on any atom is -0.295 e. The van der Waals surface area contributed by atoms with Gasteiger partial charge in [-0.3, -0.25) is 14.2 Å². The Morgan fingerprint density at radius 3 is 1.45 bits per heavy atom. The Hall–Kier alpha value is -4.01. The van der Waals surface area contributed by atoms with Crippen molar-refractivity contribution in [2.75, 3.05) is 0 Å². The maximum Gasteiger partial charge on any atom is 0.182 e. The molecule has 0 N–H and O–H groups in total. The minimum atomic E-state index is -0.577. The second kappa shape index (κ2) is 14.2. The Balaban J connectivity index is 1.34. The molecule has 220 valence electrons. The molecule has 0 spiro atoms. The predicted octanol–water partition coefficient (Wildman–Crippen LogP) is 9.69. The molecule has 2 unspecified atom stereocenters. The third kappa shape index (κ3) is 7.73. The van der Waals surface area contributed by atoms with Crippen molar-refractivity contribution in [3.05, 3.63) is 150 Å². The Morgan fingerprint density at radius 2 is 1.07 bits per heavy atom. The molecule has 2 aromatic carbocycles. The fourth-order valence-electron chi connectivity index (χ4n) is 4.90. The highest BCUT2D eigenvalue weighted by Crippen LogP contribution is 2.27. The molecule has 0 aliphatic rings. The average molecular weight is 656 g/mol. The van der Waals surface area contributed by atoms with Crippen LogP contribution in [0.5, 0.6) is 0 Å². The van der Waals surface area contributed by atoms with E-state index >= 15 is 0 Å². The zero-order chi connectivity index (χ0) is 30.3. The highest BCUT2D eigenvalue weighted by atomic mass is 35.5. The lowest BCUT2D eigenvalue weighted by molar-refractivity contribution is -0.126. The highest BCUT2D eigenvalue weighted by molar-refractivity contribution is 7.11. The van der Waals surface area contributed by atoms with Crippen molar-refractivity contribution in [2.45, 2.75) is 24.9 Å². The lowest BCUT2D eigenvalue weighted by Crippen LogP contribution is -2.32. The van der Waals surface area contributed by atoms with Crippen LogP contribution in [0.15, 0.2) is 108 Å². The molecule has 4 aromatic heterocycles. The zero-order valence-corrected chi connectivity index (χ0v) is 26.7. The van der Waals surface area contributed by atoms with Crippen molar-refractivity contribution < 1.29 is 4.79 Å². The van der Waals surface area contributed by atoms with Gasteiger partial charge in [0, 0.05) is 45.0 Å². The number of nitrogens with zero attached hydrogens (tertiary/aromatic N) is 4. The molecule has 0 amide bonds. The molecule has 0 aliphatic carbocycles. The van der Waals surface area contributed by atoms with Gasteiger partial charge in [0.2, 0.25) is 0 Å². The van der Waals surface area contributed by atoms with E-state index in [4.69, 9.17) is 33.4 Å². The smallest absolute Gasteiger partial charge is 0.182 e. The largest absolute Gasteiger partial charge is 0.295 e. The van der Waals surface area contributed by atoms with Crippen LogP contribution < -0.4 is 0 Å². The van der Waals surface area contributed by atoms with Crippen molar-refractivity contribution in [1.29, 1.82) is 0 Å². The third-order valence-electron chi connectivity index (χ3n) is 7.16. The molecule has 4 heterocycles. The number of hydrogen-bond acceptors (Lipinski definition) is 5. The number of ketones is 1. The monoisotopic (exact) mass is 654 g/mol. The zero-order valence-electron chi connectivity index (χ0n) is 23.5. The number of Topliss-reactive ketones (excluding diaryl/α,β-unsaturated/α-hetero) is 1. The van der Waals surface area contributed by atoms with E-state index in [2.05, 4.69) is 12.1 Å². The van der Waals surface area contributed by atoms with Gasteiger partial charge in [-0.25, -0.2) is 0 Å². The van der Waals surface area contributed by atoms with Gasteiger partial charge < -0.3 is 0 Å². The predicted molar refractivity (Wildman–Crippen MR) is 184 cm³/mol. The summed E-state index contributed by atoms with van der Waals surface area (Å²) in [6.07, 6.45) is 12.7. The fraction of sp³-hybridized carbons (Fsp3) is 0.114. The van der Waals surface area contributed by atoms with E-state index in [9.17, 15) is 4.79 Å². The van der Waals surface area contributed by atoms with Gasteiger partial charge >= 0.3 is 0 Å². The van der Waals surface area contributed by atoms with Gasteiger partial charge in [-0.2, -0.15) is 10.2 Å². The van der Waals surface area contributed by atoms with Crippen LogP contribution in [-0.4, -0.2) is 25.3 Å². The van der Waals surface area contributed by atoms with Crippen molar-refractivity contribution in [2.24, 2.45) is 0 Å². The molecule has 0 aliphatic heterocycles. The first-order valence-electron chi connectivity index (χ1n) is 14.1. The van der Waals surface area contributed by atoms with E-state index in [0.717, 1.165) is 32.3 Å². The van der Waals surface area contributed by atoms with E-state index in [0.29, 0.717) is 22.9 Å². The number of aromatic nitrogens is 4.